The fourth-order valence-electron chi connectivity index (χ4n) is 6.30. The first-order valence-corrected chi connectivity index (χ1v) is 17.8. The summed E-state index contributed by atoms with van der Waals surface area (Å²) in [5, 5.41) is 25.7. The zero-order valence-corrected chi connectivity index (χ0v) is 29.7. The first-order valence-electron chi connectivity index (χ1n) is 17.8. The van der Waals surface area contributed by atoms with Crippen molar-refractivity contribution in [2.45, 2.75) is 84.6 Å². The van der Waals surface area contributed by atoms with E-state index >= 15 is 0 Å². The van der Waals surface area contributed by atoms with Crippen LogP contribution in [0.25, 0.3) is 0 Å². The maximum Gasteiger partial charge on any atom is 0.475 e. The summed E-state index contributed by atoms with van der Waals surface area (Å²) < 4.78 is 5.41. The quantitative estimate of drug-likeness (QED) is 0.147. The van der Waals surface area contributed by atoms with Gasteiger partial charge in [0.25, 0.3) is 0 Å². The highest BCUT2D eigenvalue weighted by atomic mass is 16.5. The lowest BCUT2D eigenvalue weighted by Gasteiger charge is -2.27. The number of nitrogens with zero attached hydrogens (tertiary/aromatic N) is 1. The van der Waals surface area contributed by atoms with Gasteiger partial charge in [-0.15, -0.1) is 0 Å². The number of hydrogen-bond donors (Lipinski definition) is 4. The third-order valence-corrected chi connectivity index (χ3v) is 8.94. The Labute approximate surface area is 292 Å². The molecule has 0 aromatic heterocycles. The van der Waals surface area contributed by atoms with Crippen molar-refractivity contribution in [3.63, 3.8) is 0 Å². The van der Waals surface area contributed by atoms with Crippen LogP contribution < -0.4 is 10.6 Å². The summed E-state index contributed by atoms with van der Waals surface area (Å²) in [6.45, 7) is 10.5. The predicted octanol–water partition coefficient (Wildman–Crippen LogP) is 3.42. The van der Waals surface area contributed by atoms with Crippen molar-refractivity contribution in [1.82, 2.24) is 15.5 Å². The van der Waals surface area contributed by atoms with Crippen molar-refractivity contribution in [3.05, 3.63) is 71.8 Å². The summed E-state index contributed by atoms with van der Waals surface area (Å²) in [5.74, 6) is -3.21. The number of hydrogen-bond acceptors (Lipinski definition) is 8. The molecule has 0 aliphatic carbocycles. The van der Waals surface area contributed by atoms with E-state index in [0.29, 0.717) is 52.0 Å². The average Bonchev–Trinajstić information content (AvgIpc) is 3.06. The largest absolute Gasteiger partial charge is 0.475 e. The number of aryl methyl sites for hydroxylation is 1. The normalized spacial score (nSPS) is 16.1. The van der Waals surface area contributed by atoms with Crippen molar-refractivity contribution in [2.24, 2.45) is 23.7 Å². The zero-order chi connectivity index (χ0) is 35.8. The number of ether oxygens (including phenoxy) is 1. The Morgan fingerprint density at radius 2 is 1.35 bits per heavy atom. The summed E-state index contributed by atoms with van der Waals surface area (Å²) in [7, 11) is -1.74. The molecule has 4 N–H and O–H groups in total. The second kappa shape index (κ2) is 21.0. The van der Waals surface area contributed by atoms with E-state index in [1.807, 2.05) is 93.3 Å². The van der Waals surface area contributed by atoms with Crippen LogP contribution in [0, 0.1) is 23.7 Å². The molecule has 0 saturated carbocycles. The SMILES string of the molecule is CC(C)C[C@H](NC(=O)[C@@H](CC(=O)[C@H](CC(C)C)NC(=O)[C@H](CCc1ccccc1)CC(=O)CN1CCOCC1)Cc1ccccc1)B(O)O. The van der Waals surface area contributed by atoms with E-state index in [9.17, 15) is 29.2 Å². The highest BCUT2D eigenvalue weighted by Gasteiger charge is 2.33. The lowest BCUT2D eigenvalue weighted by atomic mass is 9.74. The Morgan fingerprint density at radius 3 is 1.92 bits per heavy atom. The topological polar surface area (TPSA) is 145 Å². The molecule has 2 aromatic rings. The van der Waals surface area contributed by atoms with Crippen molar-refractivity contribution in [1.29, 1.82) is 0 Å². The van der Waals surface area contributed by atoms with Gasteiger partial charge in [-0.1, -0.05) is 88.4 Å². The molecule has 0 radical (unpaired) electrons. The first kappa shape index (κ1) is 40.1. The van der Waals surface area contributed by atoms with E-state index in [0.717, 1.165) is 11.1 Å². The number of amides is 2. The molecule has 1 saturated heterocycles. The number of rotatable bonds is 21. The van der Waals surface area contributed by atoms with Crippen molar-refractivity contribution < 1.29 is 34.0 Å². The molecule has 0 spiro atoms. The van der Waals surface area contributed by atoms with Gasteiger partial charge in [-0.2, -0.15) is 0 Å². The molecule has 0 unspecified atom stereocenters. The molecule has 2 aromatic carbocycles. The van der Waals surface area contributed by atoms with Gasteiger partial charge >= 0.3 is 7.12 Å². The molecule has 0 bridgehead atoms. The van der Waals surface area contributed by atoms with Crippen molar-refractivity contribution in [2.75, 3.05) is 32.8 Å². The summed E-state index contributed by atoms with van der Waals surface area (Å²) in [5.41, 5.74) is 1.93. The van der Waals surface area contributed by atoms with E-state index < -0.39 is 36.8 Å². The van der Waals surface area contributed by atoms with E-state index in [1.165, 1.54) is 0 Å². The maximum absolute atomic E-state index is 14.0. The molecule has 4 atom stereocenters. The van der Waals surface area contributed by atoms with E-state index in [1.54, 1.807) is 0 Å². The number of carbonyl (C=O) groups is 4. The molecule has 1 heterocycles. The average molecular weight is 678 g/mol. The third kappa shape index (κ3) is 15.0. The molecule has 10 nitrogen and oxygen atoms in total. The minimum atomic E-state index is -1.74. The molecule has 49 heavy (non-hydrogen) atoms. The number of Topliss-reactive ketones (excluding diaryl/α,β-unsaturated/α-hetero) is 2. The summed E-state index contributed by atoms with van der Waals surface area (Å²) in [6, 6.07) is 18.3. The Bertz CT molecular complexity index is 1300. The Morgan fingerprint density at radius 1 is 0.776 bits per heavy atom. The van der Waals surface area contributed by atoms with Crippen LogP contribution in [0.3, 0.4) is 0 Å². The van der Waals surface area contributed by atoms with Crippen LogP contribution in [0.4, 0.5) is 0 Å². The molecule has 1 aliphatic heterocycles. The van der Waals surface area contributed by atoms with E-state index in [4.69, 9.17) is 4.74 Å². The molecule has 1 fully saturated rings. The lowest BCUT2D eigenvalue weighted by Crippen LogP contribution is -2.50. The molecule has 268 valence electrons. The van der Waals surface area contributed by atoms with Gasteiger partial charge < -0.3 is 25.4 Å². The minimum absolute atomic E-state index is 0.0246. The summed E-state index contributed by atoms with van der Waals surface area (Å²) >= 11 is 0. The van der Waals surface area contributed by atoms with Gasteiger partial charge in [-0.3, -0.25) is 24.1 Å². The number of morpholine rings is 1. The molecular formula is C38H56BN3O7. The van der Waals surface area contributed by atoms with Gasteiger partial charge in [0.2, 0.25) is 11.8 Å². The lowest BCUT2D eigenvalue weighted by molar-refractivity contribution is -0.134. The summed E-state index contributed by atoms with van der Waals surface area (Å²) in [6.07, 6.45) is 2.00. The molecule has 2 amide bonds. The number of carbonyl (C=O) groups excluding carboxylic acids is 4. The van der Waals surface area contributed by atoms with E-state index in [2.05, 4.69) is 10.6 Å². The van der Waals surface area contributed by atoms with Crippen LogP contribution in [-0.2, 0) is 36.8 Å². The fourth-order valence-corrected chi connectivity index (χ4v) is 6.30. The van der Waals surface area contributed by atoms with Crippen LogP contribution in [-0.4, -0.2) is 90.3 Å². The van der Waals surface area contributed by atoms with Gasteiger partial charge in [0.1, 0.15) is 5.78 Å². The second-order valence-corrected chi connectivity index (χ2v) is 14.3. The van der Waals surface area contributed by atoms with Gasteiger partial charge in [0.05, 0.1) is 31.7 Å². The number of ketones is 2. The maximum atomic E-state index is 14.0. The highest BCUT2D eigenvalue weighted by Crippen LogP contribution is 2.20. The Balaban J connectivity index is 1.79. The Kier molecular flexibility index (Phi) is 17.2. The molecular weight excluding hydrogens is 621 g/mol. The summed E-state index contributed by atoms with van der Waals surface area (Å²) in [4.78, 5) is 56.9. The molecule has 1 aliphatic rings. The molecule has 3 rings (SSSR count). The van der Waals surface area contributed by atoms with Gasteiger partial charge in [-0.05, 0) is 55.1 Å². The van der Waals surface area contributed by atoms with Gasteiger partial charge in [0.15, 0.2) is 5.78 Å². The number of benzene rings is 2. The van der Waals surface area contributed by atoms with Crippen LogP contribution in [0.2, 0.25) is 0 Å². The Hall–Kier alpha value is -3.38. The van der Waals surface area contributed by atoms with Crippen LogP contribution in [0.1, 0.15) is 70.9 Å². The van der Waals surface area contributed by atoms with E-state index in [-0.39, 0.29) is 55.1 Å². The van der Waals surface area contributed by atoms with Gasteiger partial charge in [-0.25, -0.2) is 0 Å². The van der Waals surface area contributed by atoms with Crippen LogP contribution in [0.5, 0.6) is 0 Å². The third-order valence-electron chi connectivity index (χ3n) is 8.94. The standard InChI is InChI=1S/C38H56BN3O7/c1-27(2)21-34(35(44)25-32(23-30-13-9-6-10-14-30)38(46)41-36(39(47)48)22-28(3)4)40-37(45)31(16-15-29-11-7-5-8-12-29)24-33(43)26-42-17-19-49-20-18-42/h5-14,27-28,31-32,34,36,47-48H,15-26H2,1-4H3,(H,40,45)(H,41,46)/t31-,32-,34+,36+/m1/s1. The monoisotopic (exact) mass is 677 g/mol. The predicted molar refractivity (Wildman–Crippen MR) is 191 cm³/mol. The zero-order valence-electron chi connectivity index (χ0n) is 29.7. The molecule has 11 heteroatoms. The van der Waals surface area contributed by atoms with Gasteiger partial charge in [0, 0.05) is 37.8 Å². The van der Waals surface area contributed by atoms with Crippen molar-refractivity contribution >= 4 is 30.5 Å². The minimum Gasteiger partial charge on any atom is -0.426 e. The van der Waals surface area contributed by atoms with Crippen LogP contribution >= 0.6 is 0 Å². The first-order chi connectivity index (χ1) is 23.4. The highest BCUT2D eigenvalue weighted by molar-refractivity contribution is 6.43. The second-order valence-electron chi connectivity index (χ2n) is 14.3. The van der Waals surface area contributed by atoms with Crippen molar-refractivity contribution in [3.8, 4) is 0 Å². The van der Waals surface area contributed by atoms with Crippen LogP contribution in [0.15, 0.2) is 60.7 Å². The smallest absolute Gasteiger partial charge is 0.426 e. The fraction of sp³-hybridized carbons (Fsp3) is 0.579. The number of nitrogens with one attached hydrogen (secondary N) is 2.